The summed E-state index contributed by atoms with van der Waals surface area (Å²) >= 11 is 0. The predicted molar refractivity (Wildman–Crippen MR) is 69.2 cm³/mol. The van der Waals surface area contributed by atoms with Crippen molar-refractivity contribution >= 4 is 16.3 Å². The van der Waals surface area contributed by atoms with E-state index >= 15 is 0 Å². The van der Waals surface area contributed by atoms with Crippen LogP contribution in [0.1, 0.15) is 33.6 Å². The molecule has 0 aliphatic carbocycles. The largest absolute Gasteiger partial charge is 0.452 e. The maximum atomic E-state index is 12.1. The van der Waals surface area contributed by atoms with Crippen LogP contribution < -0.4 is 10.5 Å². The van der Waals surface area contributed by atoms with Gasteiger partial charge in [0, 0.05) is 18.6 Å². The molecule has 0 spiro atoms. The molecule has 0 saturated heterocycles. The molecule has 0 fully saturated rings. The summed E-state index contributed by atoms with van der Waals surface area (Å²) in [7, 11) is -2.84. The fourth-order valence-electron chi connectivity index (χ4n) is 1.51. The van der Waals surface area contributed by atoms with E-state index in [-0.39, 0.29) is 13.1 Å². The van der Waals surface area contributed by atoms with E-state index in [9.17, 15) is 13.2 Å². The fourth-order valence-corrected chi connectivity index (χ4v) is 3.12. The average molecular weight is 281 g/mol. The van der Waals surface area contributed by atoms with Crippen LogP contribution in [0.3, 0.4) is 0 Å². The smallest absolute Gasteiger partial charge is 0.421 e. The zero-order valence-electron chi connectivity index (χ0n) is 11.4. The van der Waals surface area contributed by atoms with E-state index < -0.39 is 21.8 Å². The quantitative estimate of drug-likeness (QED) is 0.704. The van der Waals surface area contributed by atoms with Crippen molar-refractivity contribution in [2.75, 3.05) is 20.2 Å². The zero-order chi connectivity index (χ0) is 14.4. The highest BCUT2D eigenvalue weighted by Crippen LogP contribution is 2.21. The summed E-state index contributed by atoms with van der Waals surface area (Å²) in [4.78, 5) is 11.1. The molecule has 0 aliphatic rings. The van der Waals surface area contributed by atoms with Gasteiger partial charge < -0.3 is 10.5 Å². The lowest BCUT2D eigenvalue weighted by Gasteiger charge is -2.38. The molecule has 18 heavy (non-hydrogen) atoms. The van der Waals surface area contributed by atoms with Crippen LogP contribution in [-0.2, 0) is 14.9 Å². The summed E-state index contributed by atoms with van der Waals surface area (Å²) in [5, 5.41) is 0. The monoisotopic (exact) mass is 281 g/mol. The topological polar surface area (TPSA) is 102 Å². The summed E-state index contributed by atoms with van der Waals surface area (Å²) < 4.78 is 31.6. The minimum absolute atomic E-state index is 0.172. The number of carbonyl (C=O) groups excluding carboxylic acids is 1. The highest BCUT2D eigenvalue weighted by Gasteiger charge is 2.38. The molecule has 7 nitrogen and oxygen atoms in total. The average Bonchev–Trinajstić information content (AvgIpc) is 2.34. The van der Waals surface area contributed by atoms with Gasteiger partial charge in [-0.1, -0.05) is 13.8 Å². The van der Waals surface area contributed by atoms with Crippen molar-refractivity contribution in [3.63, 3.8) is 0 Å². The minimum Gasteiger partial charge on any atom is -0.452 e. The van der Waals surface area contributed by atoms with Crippen molar-refractivity contribution in [2.24, 2.45) is 5.73 Å². The number of methoxy groups -OCH3 is 1. The number of rotatable bonds is 7. The van der Waals surface area contributed by atoms with Gasteiger partial charge in [-0.25, -0.2) is 9.52 Å². The molecule has 108 valence electrons. The Morgan fingerprint density at radius 3 is 2.33 bits per heavy atom. The number of ether oxygens (including phenoxy) is 1. The van der Waals surface area contributed by atoms with E-state index in [4.69, 9.17) is 5.73 Å². The Kier molecular flexibility index (Phi) is 6.58. The molecular formula is C10H23N3O4S. The molecular weight excluding hydrogens is 258 g/mol. The van der Waals surface area contributed by atoms with E-state index in [1.54, 1.807) is 6.92 Å². The second kappa shape index (κ2) is 6.91. The normalized spacial score (nSPS) is 15.2. The van der Waals surface area contributed by atoms with Gasteiger partial charge in [0.1, 0.15) is 0 Å². The van der Waals surface area contributed by atoms with Gasteiger partial charge in [0.05, 0.1) is 7.11 Å². The van der Waals surface area contributed by atoms with Gasteiger partial charge in [-0.3, -0.25) is 0 Å². The van der Waals surface area contributed by atoms with E-state index in [1.165, 1.54) is 4.31 Å². The van der Waals surface area contributed by atoms with Gasteiger partial charge in [0.15, 0.2) is 0 Å². The van der Waals surface area contributed by atoms with Crippen molar-refractivity contribution in [3.8, 4) is 0 Å². The third-order valence-corrected chi connectivity index (χ3v) is 4.55. The van der Waals surface area contributed by atoms with Crippen LogP contribution in [0.4, 0.5) is 4.79 Å². The molecule has 0 aromatic rings. The molecule has 3 N–H and O–H groups in total. The van der Waals surface area contributed by atoms with Gasteiger partial charge in [0.25, 0.3) is 0 Å². The Bertz CT molecular complexity index is 365. The molecule has 0 saturated carbocycles. The molecule has 1 unspecified atom stereocenters. The number of nitrogens with one attached hydrogen (secondary N) is 1. The molecule has 1 amide bonds. The SMILES string of the molecule is CCCN(C(C)(CC)CN)S(=O)(=O)NC(=O)OC. The lowest BCUT2D eigenvalue weighted by molar-refractivity contribution is 0.172. The fraction of sp³-hybridized carbons (Fsp3) is 0.900. The van der Waals surface area contributed by atoms with Crippen molar-refractivity contribution in [3.05, 3.63) is 0 Å². The number of hydrogen-bond acceptors (Lipinski definition) is 5. The zero-order valence-corrected chi connectivity index (χ0v) is 12.2. The second-order valence-electron chi connectivity index (χ2n) is 4.23. The summed E-state index contributed by atoms with van der Waals surface area (Å²) in [5.74, 6) is 0. The van der Waals surface area contributed by atoms with Gasteiger partial charge >= 0.3 is 16.3 Å². The van der Waals surface area contributed by atoms with Crippen LogP contribution in [0.15, 0.2) is 0 Å². The molecule has 0 bridgehead atoms. The van der Waals surface area contributed by atoms with Gasteiger partial charge in [-0.05, 0) is 19.8 Å². The lowest BCUT2D eigenvalue weighted by Crippen LogP contribution is -2.58. The summed E-state index contributed by atoms with van der Waals surface area (Å²) in [6.45, 7) is 5.91. The van der Waals surface area contributed by atoms with Crippen molar-refractivity contribution in [2.45, 2.75) is 39.2 Å². The van der Waals surface area contributed by atoms with Crippen molar-refractivity contribution in [1.29, 1.82) is 0 Å². The van der Waals surface area contributed by atoms with Crippen LogP contribution in [0, 0.1) is 0 Å². The van der Waals surface area contributed by atoms with E-state index in [0.29, 0.717) is 12.8 Å². The molecule has 0 heterocycles. The molecule has 0 aromatic heterocycles. The Balaban J connectivity index is 5.28. The lowest BCUT2D eigenvalue weighted by atomic mass is 9.99. The molecule has 0 aromatic carbocycles. The van der Waals surface area contributed by atoms with Crippen molar-refractivity contribution in [1.82, 2.24) is 9.03 Å². The molecule has 0 radical (unpaired) electrons. The second-order valence-corrected chi connectivity index (χ2v) is 5.82. The number of amides is 1. The van der Waals surface area contributed by atoms with Gasteiger partial charge in [-0.15, -0.1) is 0 Å². The number of carbonyl (C=O) groups is 1. The van der Waals surface area contributed by atoms with Crippen LogP contribution in [-0.4, -0.2) is 44.6 Å². The summed E-state index contributed by atoms with van der Waals surface area (Å²) in [6, 6.07) is 0. The van der Waals surface area contributed by atoms with E-state index in [2.05, 4.69) is 4.74 Å². The van der Waals surface area contributed by atoms with Gasteiger partial charge in [-0.2, -0.15) is 12.7 Å². The number of nitrogens with zero attached hydrogens (tertiary/aromatic N) is 1. The minimum atomic E-state index is -3.95. The predicted octanol–water partition coefficient (Wildman–Crippen LogP) is 0.427. The number of nitrogens with two attached hydrogens (primary N) is 1. The standard InChI is InChI=1S/C10H23N3O4S/c1-5-7-13(10(3,6-2)8-11)18(15,16)12-9(14)17-4/h5-8,11H2,1-4H3,(H,12,14). The van der Waals surface area contributed by atoms with Gasteiger partial charge in [0.2, 0.25) is 0 Å². The Morgan fingerprint density at radius 1 is 1.44 bits per heavy atom. The Labute approximate surface area is 109 Å². The first-order valence-electron chi connectivity index (χ1n) is 5.86. The van der Waals surface area contributed by atoms with E-state index in [0.717, 1.165) is 7.11 Å². The van der Waals surface area contributed by atoms with Crippen LogP contribution in [0.25, 0.3) is 0 Å². The molecule has 8 heteroatoms. The highest BCUT2D eigenvalue weighted by molar-refractivity contribution is 7.87. The van der Waals surface area contributed by atoms with Crippen LogP contribution in [0.5, 0.6) is 0 Å². The third kappa shape index (κ3) is 4.11. The highest BCUT2D eigenvalue weighted by atomic mass is 32.2. The Hall–Kier alpha value is -0.860. The maximum absolute atomic E-state index is 12.1. The van der Waals surface area contributed by atoms with Crippen molar-refractivity contribution < 1.29 is 17.9 Å². The number of hydrogen-bond donors (Lipinski definition) is 2. The molecule has 1 atom stereocenters. The first-order chi connectivity index (χ1) is 8.27. The molecule has 0 rings (SSSR count). The third-order valence-electron chi connectivity index (χ3n) is 2.92. The Morgan fingerprint density at radius 2 is 2.00 bits per heavy atom. The first kappa shape index (κ1) is 17.1. The summed E-state index contributed by atoms with van der Waals surface area (Å²) in [6.07, 6.45) is 0.162. The first-order valence-corrected chi connectivity index (χ1v) is 7.30. The summed E-state index contributed by atoms with van der Waals surface area (Å²) in [5.41, 5.74) is 4.93. The molecule has 0 aliphatic heterocycles. The van der Waals surface area contributed by atoms with Crippen LogP contribution >= 0.6 is 0 Å². The van der Waals surface area contributed by atoms with Crippen LogP contribution in [0.2, 0.25) is 0 Å². The maximum Gasteiger partial charge on any atom is 0.421 e. The van der Waals surface area contributed by atoms with E-state index in [1.807, 2.05) is 18.6 Å².